The summed E-state index contributed by atoms with van der Waals surface area (Å²) in [6.07, 6.45) is 1.06. The molecule has 25 heavy (non-hydrogen) atoms. The number of rotatable bonds is 6. The Morgan fingerprint density at radius 1 is 1.20 bits per heavy atom. The van der Waals surface area contributed by atoms with Crippen molar-refractivity contribution < 1.29 is 14.7 Å². The van der Waals surface area contributed by atoms with Crippen LogP contribution in [0.5, 0.6) is 0 Å². The first-order valence-electron chi connectivity index (χ1n) is 8.41. The van der Waals surface area contributed by atoms with Crippen molar-refractivity contribution in [1.29, 1.82) is 0 Å². The molecule has 0 spiro atoms. The number of carbonyl (C=O) groups is 2. The number of hydrogen-bond acceptors (Lipinski definition) is 3. The molecule has 130 valence electrons. The lowest BCUT2D eigenvalue weighted by Crippen LogP contribution is -2.31. The van der Waals surface area contributed by atoms with E-state index in [-0.39, 0.29) is 11.5 Å². The number of carboxylic acid groups (broad SMARTS) is 1. The minimum atomic E-state index is -0.926. The maximum absolute atomic E-state index is 11.9. The van der Waals surface area contributed by atoms with E-state index in [1.54, 1.807) is 25.1 Å². The predicted molar refractivity (Wildman–Crippen MR) is 97.9 cm³/mol. The predicted octanol–water partition coefficient (Wildman–Crippen LogP) is 3.76. The third-order valence-corrected chi connectivity index (χ3v) is 4.55. The molecule has 1 amide bonds. The maximum atomic E-state index is 11.9. The number of nitrogens with zero attached hydrogens (tertiary/aromatic N) is 1. The topological polar surface area (TPSA) is 69.6 Å². The summed E-state index contributed by atoms with van der Waals surface area (Å²) in [7, 11) is 0. The molecule has 3 rings (SSSR count). The summed E-state index contributed by atoms with van der Waals surface area (Å²) >= 11 is 0. The molecule has 0 bridgehead atoms. The van der Waals surface area contributed by atoms with E-state index in [4.69, 9.17) is 5.11 Å². The largest absolute Gasteiger partial charge is 0.478 e. The van der Waals surface area contributed by atoms with Crippen LogP contribution in [0.2, 0.25) is 0 Å². The summed E-state index contributed by atoms with van der Waals surface area (Å²) in [5.74, 6) is -0.298. The van der Waals surface area contributed by atoms with Crippen molar-refractivity contribution in [3.8, 4) is 0 Å². The molecule has 1 saturated carbocycles. The number of hydrogen-bond donors (Lipinski definition) is 2. The highest BCUT2D eigenvalue weighted by molar-refractivity contribution is 5.93. The zero-order chi connectivity index (χ0) is 18.0. The fourth-order valence-corrected chi connectivity index (χ4v) is 3.03. The molecule has 0 aliphatic heterocycles. The Morgan fingerprint density at radius 3 is 2.44 bits per heavy atom. The monoisotopic (exact) mass is 338 g/mol. The Kier molecular flexibility index (Phi) is 4.74. The number of aromatic carboxylic acids is 1. The van der Waals surface area contributed by atoms with E-state index in [0.29, 0.717) is 18.5 Å². The van der Waals surface area contributed by atoms with Gasteiger partial charge in [-0.2, -0.15) is 0 Å². The van der Waals surface area contributed by atoms with Crippen molar-refractivity contribution >= 4 is 23.3 Å². The summed E-state index contributed by atoms with van der Waals surface area (Å²) in [6, 6.07) is 15.0. The summed E-state index contributed by atoms with van der Waals surface area (Å²) in [5.41, 5.74) is 3.03. The van der Waals surface area contributed by atoms with Crippen molar-refractivity contribution in [2.24, 2.45) is 5.92 Å². The molecular formula is C20H22N2O3. The van der Waals surface area contributed by atoms with Crippen LogP contribution in [0, 0.1) is 5.92 Å². The molecule has 0 saturated heterocycles. The molecule has 0 radical (unpaired) electrons. The lowest BCUT2D eigenvalue weighted by molar-refractivity contribution is -0.116. The van der Waals surface area contributed by atoms with Gasteiger partial charge in [-0.3, -0.25) is 4.79 Å². The molecule has 1 aliphatic carbocycles. The van der Waals surface area contributed by atoms with Gasteiger partial charge >= 0.3 is 5.97 Å². The van der Waals surface area contributed by atoms with E-state index in [9.17, 15) is 9.59 Å². The Bertz CT molecular complexity index is 786. The maximum Gasteiger partial charge on any atom is 0.335 e. The van der Waals surface area contributed by atoms with Crippen LogP contribution in [0.4, 0.5) is 11.4 Å². The normalized spacial score (nSPS) is 18.5. The van der Waals surface area contributed by atoms with E-state index in [0.717, 1.165) is 23.4 Å². The molecule has 1 aliphatic rings. The second kappa shape index (κ2) is 6.97. The number of benzene rings is 2. The lowest BCUT2D eigenvalue weighted by Gasteiger charge is -2.21. The molecule has 2 aromatic rings. The molecule has 2 atom stereocenters. The quantitative estimate of drug-likeness (QED) is 0.841. The first-order chi connectivity index (χ1) is 12.0. The van der Waals surface area contributed by atoms with Gasteiger partial charge in [-0.05, 0) is 54.3 Å². The van der Waals surface area contributed by atoms with Gasteiger partial charge in [0.15, 0.2) is 0 Å². The summed E-state index contributed by atoms with van der Waals surface area (Å²) in [6.45, 7) is 4.30. The molecule has 0 heterocycles. The third-order valence-electron chi connectivity index (χ3n) is 4.55. The first-order valence-corrected chi connectivity index (χ1v) is 8.41. The van der Waals surface area contributed by atoms with Crippen molar-refractivity contribution in [3.63, 3.8) is 0 Å². The second-order valence-electron chi connectivity index (χ2n) is 6.58. The average molecular weight is 338 g/mol. The van der Waals surface area contributed by atoms with Crippen molar-refractivity contribution in [1.82, 2.24) is 0 Å². The van der Waals surface area contributed by atoms with Crippen LogP contribution < -0.4 is 10.2 Å². The number of nitrogens with one attached hydrogen (secondary N) is 1. The number of amides is 1. The van der Waals surface area contributed by atoms with Crippen LogP contribution in [0.3, 0.4) is 0 Å². The summed E-state index contributed by atoms with van der Waals surface area (Å²) < 4.78 is 0. The van der Waals surface area contributed by atoms with Gasteiger partial charge in [0, 0.05) is 30.9 Å². The summed E-state index contributed by atoms with van der Waals surface area (Å²) in [5, 5.41) is 12.3. The van der Waals surface area contributed by atoms with Crippen molar-refractivity contribution in [2.45, 2.75) is 32.9 Å². The molecule has 1 fully saturated rings. The Hall–Kier alpha value is -2.82. The van der Waals surface area contributed by atoms with Gasteiger partial charge in [0.05, 0.1) is 5.56 Å². The Balaban J connectivity index is 1.65. The highest BCUT2D eigenvalue weighted by Gasteiger charge is 2.40. The van der Waals surface area contributed by atoms with Crippen molar-refractivity contribution in [2.75, 3.05) is 10.2 Å². The fraction of sp³-hybridized carbons (Fsp3) is 0.300. The SMILES string of the molecule is CC(=O)N(c1ccc(NCc2cccc(C(=O)O)c2)cc1)C1CC1C. The smallest absolute Gasteiger partial charge is 0.335 e. The van der Waals surface area contributed by atoms with Gasteiger partial charge in [0.25, 0.3) is 0 Å². The Labute approximate surface area is 147 Å². The van der Waals surface area contributed by atoms with Gasteiger partial charge in [-0.25, -0.2) is 4.79 Å². The standard InChI is InChI=1S/C20H22N2O3/c1-13-10-19(13)22(14(2)23)18-8-6-17(7-9-18)21-12-15-4-3-5-16(11-15)20(24)25/h3-9,11,13,19,21H,10,12H2,1-2H3,(H,24,25). The van der Waals surface area contributed by atoms with Crippen LogP contribution in [0.25, 0.3) is 0 Å². The number of carboxylic acids is 1. The molecule has 0 aromatic heterocycles. The van der Waals surface area contributed by atoms with E-state index >= 15 is 0 Å². The first kappa shape index (κ1) is 17.0. The van der Waals surface area contributed by atoms with E-state index in [1.165, 1.54) is 0 Å². The van der Waals surface area contributed by atoms with Crippen LogP contribution in [-0.4, -0.2) is 23.0 Å². The number of carbonyl (C=O) groups excluding carboxylic acids is 1. The van der Waals surface area contributed by atoms with Gasteiger partial charge in [-0.1, -0.05) is 19.1 Å². The van der Waals surface area contributed by atoms with E-state index < -0.39 is 5.97 Å². The van der Waals surface area contributed by atoms with Gasteiger partial charge < -0.3 is 15.3 Å². The average Bonchev–Trinajstić information content (AvgIpc) is 3.30. The fourth-order valence-electron chi connectivity index (χ4n) is 3.03. The van der Waals surface area contributed by atoms with Gasteiger partial charge in [-0.15, -0.1) is 0 Å². The summed E-state index contributed by atoms with van der Waals surface area (Å²) in [4.78, 5) is 24.8. The molecule has 5 heteroatoms. The van der Waals surface area contributed by atoms with Crippen LogP contribution in [-0.2, 0) is 11.3 Å². The number of anilines is 2. The van der Waals surface area contributed by atoms with Gasteiger partial charge in [0.2, 0.25) is 5.91 Å². The Morgan fingerprint density at radius 2 is 1.88 bits per heavy atom. The highest BCUT2D eigenvalue weighted by Crippen LogP contribution is 2.38. The van der Waals surface area contributed by atoms with Gasteiger partial charge in [0.1, 0.15) is 0 Å². The minimum absolute atomic E-state index is 0.0699. The van der Waals surface area contributed by atoms with Crippen LogP contribution in [0.15, 0.2) is 48.5 Å². The molecule has 2 aromatic carbocycles. The molecule has 2 unspecified atom stereocenters. The van der Waals surface area contributed by atoms with Crippen LogP contribution >= 0.6 is 0 Å². The van der Waals surface area contributed by atoms with Crippen LogP contribution in [0.1, 0.15) is 36.2 Å². The zero-order valence-electron chi connectivity index (χ0n) is 14.4. The molecular weight excluding hydrogens is 316 g/mol. The van der Waals surface area contributed by atoms with Crippen molar-refractivity contribution in [3.05, 3.63) is 59.7 Å². The highest BCUT2D eigenvalue weighted by atomic mass is 16.4. The zero-order valence-corrected chi connectivity index (χ0v) is 14.4. The second-order valence-corrected chi connectivity index (χ2v) is 6.58. The third kappa shape index (κ3) is 3.99. The molecule has 5 nitrogen and oxygen atoms in total. The van der Waals surface area contributed by atoms with E-state index in [1.807, 2.05) is 35.2 Å². The molecule has 2 N–H and O–H groups in total. The van der Waals surface area contributed by atoms with E-state index in [2.05, 4.69) is 12.2 Å². The minimum Gasteiger partial charge on any atom is -0.478 e. The lowest BCUT2D eigenvalue weighted by atomic mass is 10.1.